The molecule has 0 radical (unpaired) electrons. The average Bonchev–Trinajstić information content (AvgIpc) is 2.60. The molecule has 3 aromatic carbocycles. The molecule has 4 heteroatoms. The second kappa shape index (κ2) is 6.88. The Morgan fingerprint density at radius 3 is 2.65 bits per heavy atom. The van der Waals surface area contributed by atoms with E-state index in [1.165, 1.54) is 10.8 Å². The van der Waals surface area contributed by atoms with Crippen LogP contribution in [0.5, 0.6) is 11.5 Å². The number of benzene rings is 3. The van der Waals surface area contributed by atoms with Crippen molar-refractivity contribution >= 4 is 33.4 Å². The number of methoxy groups -OCH3 is 1. The molecule has 0 saturated heterocycles. The largest absolute Gasteiger partial charge is 0.493 e. The van der Waals surface area contributed by atoms with Crippen LogP contribution in [-0.4, -0.2) is 7.11 Å². The normalized spacial score (nSPS) is 10.3. The lowest BCUT2D eigenvalue weighted by molar-refractivity contribution is 0.283. The van der Waals surface area contributed by atoms with Crippen LogP contribution >= 0.6 is 22.6 Å². The van der Waals surface area contributed by atoms with E-state index < -0.39 is 0 Å². The SMILES string of the molecule is COc1cc(C#N)cc(I)c1OCc1cccc2ccccc12. The van der Waals surface area contributed by atoms with Gasteiger partial charge in [0, 0.05) is 6.07 Å². The molecule has 3 aromatic rings. The van der Waals surface area contributed by atoms with Gasteiger partial charge in [-0.2, -0.15) is 5.26 Å². The van der Waals surface area contributed by atoms with E-state index in [1.807, 2.05) is 18.2 Å². The van der Waals surface area contributed by atoms with Crippen LogP contribution in [0.1, 0.15) is 11.1 Å². The van der Waals surface area contributed by atoms with Gasteiger partial charge in [0.2, 0.25) is 0 Å². The highest BCUT2D eigenvalue weighted by atomic mass is 127. The molecule has 3 nitrogen and oxygen atoms in total. The Kier molecular flexibility index (Phi) is 4.68. The molecule has 23 heavy (non-hydrogen) atoms. The highest BCUT2D eigenvalue weighted by Gasteiger charge is 2.12. The lowest BCUT2D eigenvalue weighted by Crippen LogP contribution is -2.01. The minimum atomic E-state index is 0.444. The van der Waals surface area contributed by atoms with Crippen LogP contribution in [0.2, 0.25) is 0 Å². The average molecular weight is 415 g/mol. The van der Waals surface area contributed by atoms with E-state index in [0.29, 0.717) is 23.7 Å². The molecule has 0 atom stereocenters. The van der Waals surface area contributed by atoms with Crippen LogP contribution in [0, 0.1) is 14.9 Å². The summed E-state index contributed by atoms with van der Waals surface area (Å²) in [6, 6.07) is 20.0. The van der Waals surface area contributed by atoms with Crippen molar-refractivity contribution in [3.05, 3.63) is 69.3 Å². The summed E-state index contributed by atoms with van der Waals surface area (Å²) < 4.78 is 12.2. The van der Waals surface area contributed by atoms with Gasteiger partial charge in [-0.25, -0.2) is 0 Å². The Balaban J connectivity index is 1.93. The summed E-state index contributed by atoms with van der Waals surface area (Å²) in [6.07, 6.45) is 0. The number of nitriles is 1. The molecule has 0 aliphatic carbocycles. The fourth-order valence-electron chi connectivity index (χ4n) is 2.49. The predicted molar refractivity (Wildman–Crippen MR) is 98.7 cm³/mol. The Morgan fingerprint density at radius 2 is 1.87 bits per heavy atom. The molecule has 114 valence electrons. The molecule has 0 aromatic heterocycles. The summed E-state index contributed by atoms with van der Waals surface area (Å²) in [5, 5.41) is 11.4. The van der Waals surface area contributed by atoms with Crippen LogP contribution in [0.15, 0.2) is 54.6 Å². The summed E-state index contributed by atoms with van der Waals surface area (Å²) >= 11 is 2.16. The lowest BCUT2D eigenvalue weighted by Gasteiger charge is -2.14. The van der Waals surface area contributed by atoms with Crippen molar-refractivity contribution in [1.82, 2.24) is 0 Å². The van der Waals surface area contributed by atoms with Crippen molar-refractivity contribution in [3.63, 3.8) is 0 Å². The summed E-state index contributed by atoms with van der Waals surface area (Å²) in [4.78, 5) is 0. The summed E-state index contributed by atoms with van der Waals surface area (Å²) in [5.41, 5.74) is 1.68. The Morgan fingerprint density at radius 1 is 1.09 bits per heavy atom. The maximum atomic E-state index is 9.05. The van der Waals surface area contributed by atoms with Crippen LogP contribution in [0.4, 0.5) is 0 Å². The lowest BCUT2D eigenvalue weighted by atomic mass is 10.1. The quantitative estimate of drug-likeness (QED) is 0.569. The van der Waals surface area contributed by atoms with Crippen LogP contribution < -0.4 is 9.47 Å². The van der Waals surface area contributed by atoms with Gasteiger partial charge in [0.1, 0.15) is 6.61 Å². The van der Waals surface area contributed by atoms with Gasteiger partial charge in [-0.15, -0.1) is 0 Å². The van der Waals surface area contributed by atoms with Gasteiger partial charge in [0.15, 0.2) is 11.5 Å². The molecule has 0 bridgehead atoms. The third-order valence-electron chi connectivity index (χ3n) is 3.61. The molecule has 0 aliphatic rings. The first kappa shape index (κ1) is 15.6. The van der Waals surface area contributed by atoms with Gasteiger partial charge < -0.3 is 9.47 Å². The zero-order valence-corrected chi connectivity index (χ0v) is 14.7. The standard InChI is InChI=1S/C19H14INO2/c1-22-18-10-13(11-21)9-17(20)19(18)23-12-15-7-4-6-14-5-2-3-8-16(14)15/h2-10H,12H2,1H3. The number of hydrogen-bond donors (Lipinski definition) is 0. The van der Waals surface area contributed by atoms with E-state index in [2.05, 4.69) is 52.9 Å². The van der Waals surface area contributed by atoms with Crippen molar-refractivity contribution in [2.45, 2.75) is 6.61 Å². The van der Waals surface area contributed by atoms with Crippen molar-refractivity contribution in [3.8, 4) is 17.6 Å². The van der Waals surface area contributed by atoms with E-state index in [9.17, 15) is 0 Å². The van der Waals surface area contributed by atoms with E-state index in [4.69, 9.17) is 14.7 Å². The number of rotatable bonds is 4. The maximum Gasteiger partial charge on any atom is 0.175 e. The topological polar surface area (TPSA) is 42.2 Å². The van der Waals surface area contributed by atoms with Gasteiger partial charge in [0.25, 0.3) is 0 Å². The first-order chi connectivity index (χ1) is 11.2. The summed E-state index contributed by atoms with van der Waals surface area (Å²) in [7, 11) is 1.58. The van der Waals surface area contributed by atoms with Crippen LogP contribution in [0.3, 0.4) is 0 Å². The summed E-state index contributed by atoms with van der Waals surface area (Å²) in [6.45, 7) is 0.444. The molecule has 0 heterocycles. The third kappa shape index (κ3) is 3.25. The first-order valence-corrected chi connectivity index (χ1v) is 8.18. The molecular formula is C19H14INO2. The molecule has 0 N–H and O–H groups in total. The van der Waals surface area contributed by atoms with Gasteiger partial charge >= 0.3 is 0 Å². The van der Waals surface area contributed by atoms with Gasteiger partial charge in [-0.3, -0.25) is 0 Å². The number of halogens is 1. The second-order valence-electron chi connectivity index (χ2n) is 5.03. The van der Waals surface area contributed by atoms with Crippen molar-refractivity contribution in [2.24, 2.45) is 0 Å². The molecule has 0 fully saturated rings. The van der Waals surface area contributed by atoms with Crippen molar-refractivity contribution in [2.75, 3.05) is 7.11 Å². The first-order valence-electron chi connectivity index (χ1n) is 7.10. The van der Waals surface area contributed by atoms with Gasteiger partial charge in [-0.1, -0.05) is 42.5 Å². The Bertz CT molecular complexity index is 894. The number of nitrogens with zero attached hydrogens (tertiary/aromatic N) is 1. The minimum absolute atomic E-state index is 0.444. The molecule has 0 saturated carbocycles. The van der Waals surface area contributed by atoms with E-state index >= 15 is 0 Å². The predicted octanol–water partition coefficient (Wildman–Crippen LogP) is 4.90. The molecular weight excluding hydrogens is 401 g/mol. The van der Waals surface area contributed by atoms with Crippen molar-refractivity contribution in [1.29, 1.82) is 5.26 Å². The Labute approximate surface area is 148 Å². The van der Waals surface area contributed by atoms with Gasteiger partial charge in [-0.05, 0) is 45.0 Å². The maximum absolute atomic E-state index is 9.05. The molecule has 3 rings (SSSR count). The third-order valence-corrected chi connectivity index (χ3v) is 4.41. The highest BCUT2D eigenvalue weighted by molar-refractivity contribution is 14.1. The number of ether oxygens (including phenoxy) is 2. The number of hydrogen-bond acceptors (Lipinski definition) is 3. The minimum Gasteiger partial charge on any atom is -0.493 e. The summed E-state index contributed by atoms with van der Waals surface area (Å²) in [5.74, 6) is 1.24. The number of fused-ring (bicyclic) bond motifs is 1. The van der Waals surface area contributed by atoms with E-state index in [1.54, 1.807) is 19.2 Å². The highest BCUT2D eigenvalue weighted by Crippen LogP contribution is 2.34. The fraction of sp³-hybridized carbons (Fsp3) is 0.105. The van der Waals surface area contributed by atoms with Crippen LogP contribution in [-0.2, 0) is 6.61 Å². The smallest absolute Gasteiger partial charge is 0.175 e. The van der Waals surface area contributed by atoms with Gasteiger partial charge in [0.05, 0.1) is 22.3 Å². The van der Waals surface area contributed by atoms with Crippen LogP contribution in [0.25, 0.3) is 10.8 Å². The molecule has 0 aliphatic heterocycles. The van der Waals surface area contributed by atoms with E-state index in [-0.39, 0.29) is 0 Å². The second-order valence-corrected chi connectivity index (χ2v) is 6.19. The fourth-order valence-corrected chi connectivity index (χ4v) is 3.25. The van der Waals surface area contributed by atoms with Crippen molar-refractivity contribution < 1.29 is 9.47 Å². The molecule has 0 unspecified atom stereocenters. The Hall–Kier alpha value is -2.26. The van der Waals surface area contributed by atoms with E-state index in [0.717, 1.165) is 9.13 Å². The molecule has 0 amide bonds. The zero-order valence-electron chi connectivity index (χ0n) is 12.5. The molecule has 0 spiro atoms. The monoisotopic (exact) mass is 415 g/mol. The zero-order chi connectivity index (χ0) is 16.2.